The van der Waals surface area contributed by atoms with E-state index in [1.54, 1.807) is 12.1 Å². The van der Waals surface area contributed by atoms with E-state index in [-0.39, 0.29) is 5.91 Å². The van der Waals surface area contributed by atoms with E-state index in [1.807, 2.05) is 0 Å². The van der Waals surface area contributed by atoms with Crippen LogP contribution >= 0.6 is 0 Å². The van der Waals surface area contributed by atoms with Crippen LogP contribution in [0.5, 0.6) is 0 Å². The minimum Gasteiger partial charge on any atom is -0.337 e. The summed E-state index contributed by atoms with van der Waals surface area (Å²) in [6.07, 6.45) is 8.72. The summed E-state index contributed by atoms with van der Waals surface area (Å²) in [4.78, 5) is 26.8. The Kier molecular flexibility index (Phi) is 7.79. The third kappa shape index (κ3) is 6.72. The first kappa shape index (κ1) is 15.9. The average Bonchev–Trinajstić information content (AvgIpc) is 2.49. The molecule has 0 radical (unpaired) electrons. The fourth-order valence-electron chi connectivity index (χ4n) is 1.66. The first-order valence-corrected chi connectivity index (χ1v) is 6.98. The summed E-state index contributed by atoms with van der Waals surface area (Å²) in [5, 5.41) is 2.69. The number of unbranched alkanes of at least 4 members (excludes halogenated alkanes) is 4. The number of hydrogen-bond donors (Lipinski definition) is 3. The molecule has 20 heavy (non-hydrogen) atoms. The summed E-state index contributed by atoms with van der Waals surface area (Å²) in [5.74, 6) is -0.370. The topological polar surface area (TPSA) is 83.1 Å². The Morgan fingerprint density at radius 2 is 1.75 bits per heavy atom. The highest BCUT2D eigenvalue weighted by Crippen LogP contribution is 2.00. The Bertz CT molecular complexity index is 409. The number of amides is 3. The Morgan fingerprint density at radius 3 is 2.45 bits per heavy atom. The predicted octanol–water partition coefficient (Wildman–Crippen LogP) is 2.00. The SMILES string of the molecule is CCCCCCCNC(=O)NNC(=O)c1ccncc1. The van der Waals surface area contributed by atoms with Crippen LogP contribution < -0.4 is 16.2 Å². The van der Waals surface area contributed by atoms with Crippen molar-refractivity contribution in [1.29, 1.82) is 0 Å². The summed E-state index contributed by atoms with van der Waals surface area (Å²) in [7, 11) is 0. The van der Waals surface area contributed by atoms with Gasteiger partial charge in [-0.15, -0.1) is 0 Å². The van der Waals surface area contributed by atoms with Crippen LogP contribution in [0, 0.1) is 0 Å². The molecule has 0 aromatic carbocycles. The number of rotatable bonds is 7. The standard InChI is InChI=1S/C14H22N4O2/c1-2-3-4-5-6-9-16-14(20)18-17-13(19)12-7-10-15-11-8-12/h7-8,10-11H,2-6,9H2,1H3,(H,17,19)(H2,16,18,20). The average molecular weight is 278 g/mol. The van der Waals surface area contributed by atoms with Gasteiger partial charge in [-0.3, -0.25) is 15.2 Å². The third-order valence-electron chi connectivity index (χ3n) is 2.80. The zero-order valence-electron chi connectivity index (χ0n) is 11.8. The molecule has 3 amide bonds. The second kappa shape index (κ2) is 9.77. The second-order valence-electron chi connectivity index (χ2n) is 4.49. The number of carbonyl (C=O) groups is 2. The summed E-state index contributed by atoms with van der Waals surface area (Å²) in [6, 6.07) is 2.74. The number of pyridine rings is 1. The lowest BCUT2D eigenvalue weighted by molar-refractivity contribution is 0.0936. The van der Waals surface area contributed by atoms with E-state index < -0.39 is 6.03 Å². The number of nitrogens with zero attached hydrogens (tertiary/aromatic N) is 1. The van der Waals surface area contributed by atoms with Gasteiger partial charge in [0.05, 0.1) is 0 Å². The van der Waals surface area contributed by atoms with E-state index in [1.165, 1.54) is 31.7 Å². The van der Waals surface area contributed by atoms with E-state index >= 15 is 0 Å². The summed E-state index contributed by atoms with van der Waals surface area (Å²) in [5.41, 5.74) is 5.09. The monoisotopic (exact) mass is 278 g/mol. The lowest BCUT2D eigenvalue weighted by Crippen LogP contribution is -2.47. The van der Waals surface area contributed by atoms with Gasteiger partial charge in [0.2, 0.25) is 0 Å². The minimum absolute atomic E-state index is 0.370. The first-order chi connectivity index (χ1) is 9.74. The van der Waals surface area contributed by atoms with Gasteiger partial charge in [0.15, 0.2) is 0 Å². The van der Waals surface area contributed by atoms with Gasteiger partial charge in [0.1, 0.15) is 0 Å². The van der Waals surface area contributed by atoms with Crippen molar-refractivity contribution < 1.29 is 9.59 Å². The van der Waals surface area contributed by atoms with Gasteiger partial charge < -0.3 is 5.32 Å². The molecule has 0 saturated heterocycles. The number of carbonyl (C=O) groups excluding carboxylic acids is 2. The molecule has 0 spiro atoms. The van der Waals surface area contributed by atoms with E-state index in [4.69, 9.17) is 0 Å². The molecule has 110 valence electrons. The fourth-order valence-corrected chi connectivity index (χ4v) is 1.66. The highest BCUT2D eigenvalue weighted by molar-refractivity contribution is 5.95. The number of urea groups is 1. The second-order valence-corrected chi connectivity index (χ2v) is 4.49. The highest BCUT2D eigenvalue weighted by Gasteiger charge is 2.05. The van der Waals surface area contributed by atoms with Crippen molar-refractivity contribution in [2.24, 2.45) is 0 Å². The lowest BCUT2D eigenvalue weighted by atomic mass is 10.1. The van der Waals surface area contributed by atoms with E-state index in [2.05, 4.69) is 28.1 Å². The van der Waals surface area contributed by atoms with Gasteiger partial charge in [0.25, 0.3) is 5.91 Å². The molecule has 0 aliphatic rings. The molecule has 0 fully saturated rings. The third-order valence-corrected chi connectivity index (χ3v) is 2.80. The van der Waals surface area contributed by atoms with Crippen LogP contribution in [-0.2, 0) is 0 Å². The largest absolute Gasteiger partial charge is 0.337 e. The smallest absolute Gasteiger partial charge is 0.333 e. The Hall–Kier alpha value is -2.11. The van der Waals surface area contributed by atoms with E-state index in [9.17, 15) is 9.59 Å². The Balaban J connectivity index is 2.09. The number of hydrazine groups is 1. The quantitative estimate of drug-likeness (QED) is 0.527. The van der Waals surface area contributed by atoms with Gasteiger partial charge in [-0.25, -0.2) is 10.2 Å². The van der Waals surface area contributed by atoms with Crippen molar-refractivity contribution in [3.8, 4) is 0 Å². The maximum atomic E-state index is 11.6. The molecule has 1 aromatic rings. The molecule has 0 atom stereocenters. The predicted molar refractivity (Wildman–Crippen MR) is 77.0 cm³/mol. The summed E-state index contributed by atoms with van der Waals surface area (Å²) in [6.45, 7) is 2.78. The van der Waals surface area contributed by atoms with Crippen LogP contribution in [0.1, 0.15) is 49.4 Å². The van der Waals surface area contributed by atoms with Crippen LogP contribution in [0.3, 0.4) is 0 Å². The van der Waals surface area contributed by atoms with Gasteiger partial charge in [-0.2, -0.15) is 0 Å². The molecule has 0 unspecified atom stereocenters. The molecule has 1 heterocycles. The molecule has 0 aliphatic heterocycles. The Morgan fingerprint density at radius 1 is 1.05 bits per heavy atom. The molecule has 0 bridgehead atoms. The fraction of sp³-hybridized carbons (Fsp3) is 0.500. The number of aromatic nitrogens is 1. The van der Waals surface area contributed by atoms with Crippen LogP contribution in [0.25, 0.3) is 0 Å². The van der Waals surface area contributed by atoms with Crippen molar-refractivity contribution in [2.75, 3.05) is 6.54 Å². The summed E-state index contributed by atoms with van der Waals surface area (Å²) >= 11 is 0. The van der Waals surface area contributed by atoms with Crippen LogP contribution in [0.4, 0.5) is 4.79 Å². The number of hydrogen-bond acceptors (Lipinski definition) is 3. The first-order valence-electron chi connectivity index (χ1n) is 6.98. The molecule has 6 heteroatoms. The molecular weight excluding hydrogens is 256 g/mol. The zero-order valence-corrected chi connectivity index (χ0v) is 11.8. The van der Waals surface area contributed by atoms with Crippen molar-refractivity contribution in [3.05, 3.63) is 30.1 Å². The van der Waals surface area contributed by atoms with Gasteiger partial charge in [0, 0.05) is 24.5 Å². The van der Waals surface area contributed by atoms with Gasteiger partial charge >= 0.3 is 6.03 Å². The van der Waals surface area contributed by atoms with Crippen molar-refractivity contribution in [1.82, 2.24) is 21.2 Å². The molecule has 1 aromatic heterocycles. The highest BCUT2D eigenvalue weighted by atomic mass is 16.2. The molecule has 0 aliphatic carbocycles. The van der Waals surface area contributed by atoms with E-state index in [0.717, 1.165) is 12.8 Å². The van der Waals surface area contributed by atoms with Crippen molar-refractivity contribution >= 4 is 11.9 Å². The molecule has 3 N–H and O–H groups in total. The number of nitrogens with one attached hydrogen (secondary N) is 3. The normalized spacial score (nSPS) is 9.85. The maximum absolute atomic E-state index is 11.6. The summed E-state index contributed by atoms with van der Waals surface area (Å²) < 4.78 is 0. The molecule has 0 saturated carbocycles. The maximum Gasteiger partial charge on any atom is 0.333 e. The molecule has 1 rings (SSSR count). The zero-order chi connectivity index (χ0) is 14.6. The molecular formula is C14H22N4O2. The van der Waals surface area contributed by atoms with E-state index in [0.29, 0.717) is 12.1 Å². The van der Waals surface area contributed by atoms with Crippen LogP contribution in [-0.4, -0.2) is 23.5 Å². The molecule has 6 nitrogen and oxygen atoms in total. The lowest BCUT2D eigenvalue weighted by Gasteiger charge is -2.08. The van der Waals surface area contributed by atoms with Gasteiger partial charge in [-0.1, -0.05) is 32.6 Å². The van der Waals surface area contributed by atoms with Crippen molar-refractivity contribution in [2.45, 2.75) is 39.0 Å². The van der Waals surface area contributed by atoms with Crippen LogP contribution in [0.15, 0.2) is 24.5 Å². The van der Waals surface area contributed by atoms with Crippen molar-refractivity contribution in [3.63, 3.8) is 0 Å². The van der Waals surface area contributed by atoms with Gasteiger partial charge in [-0.05, 0) is 18.6 Å². The minimum atomic E-state index is -0.400. The Labute approximate surface area is 119 Å². The van der Waals surface area contributed by atoms with Crippen LogP contribution in [0.2, 0.25) is 0 Å².